The first-order valence-electron chi connectivity index (χ1n) is 10.5. The lowest BCUT2D eigenvalue weighted by Gasteiger charge is -2.21. The highest BCUT2D eigenvalue weighted by atomic mass is 32.2. The van der Waals surface area contributed by atoms with Gasteiger partial charge in [-0.1, -0.05) is 11.3 Å². The average Bonchev–Trinajstić information content (AvgIpc) is 3.40. The Labute approximate surface area is 198 Å². The molecule has 1 aromatic heterocycles. The number of amides is 1. The number of hydrogen-bond donors (Lipinski definition) is 0. The molecule has 1 atom stereocenters. The first-order valence-corrected chi connectivity index (χ1v) is 12.8. The van der Waals surface area contributed by atoms with Crippen LogP contribution >= 0.6 is 11.3 Å². The largest absolute Gasteiger partial charge is 0.465 e. The zero-order valence-corrected chi connectivity index (χ0v) is 19.7. The van der Waals surface area contributed by atoms with E-state index in [4.69, 9.17) is 4.74 Å². The minimum Gasteiger partial charge on any atom is -0.465 e. The van der Waals surface area contributed by atoms with E-state index in [1.807, 2.05) is 0 Å². The van der Waals surface area contributed by atoms with Gasteiger partial charge in [-0.25, -0.2) is 17.2 Å². The maximum atomic E-state index is 13.7. The van der Waals surface area contributed by atoms with Crippen LogP contribution in [0, 0.1) is 11.6 Å². The van der Waals surface area contributed by atoms with Crippen LogP contribution in [0.25, 0.3) is 10.2 Å². The Kier molecular flexibility index (Phi) is 6.91. The van der Waals surface area contributed by atoms with Crippen LogP contribution in [0.4, 0.5) is 8.78 Å². The summed E-state index contributed by atoms with van der Waals surface area (Å²) in [7, 11) is -4.05. The Morgan fingerprint density at radius 1 is 1.15 bits per heavy atom. The number of benzene rings is 2. The number of aromatic nitrogens is 1. The van der Waals surface area contributed by atoms with Gasteiger partial charge >= 0.3 is 5.97 Å². The summed E-state index contributed by atoms with van der Waals surface area (Å²) in [5.74, 6) is -2.31. The van der Waals surface area contributed by atoms with Gasteiger partial charge in [-0.05, 0) is 62.2 Å². The summed E-state index contributed by atoms with van der Waals surface area (Å²) in [6.07, 6.45) is 0.715. The van der Waals surface area contributed by atoms with Gasteiger partial charge in [0.2, 0.25) is 10.0 Å². The highest BCUT2D eigenvalue weighted by molar-refractivity contribution is 7.89. The van der Waals surface area contributed by atoms with Crippen molar-refractivity contribution in [3.63, 3.8) is 0 Å². The molecule has 0 aliphatic carbocycles. The smallest absolute Gasteiger partial charge is 0.326 e. The van der Waals surface area contributed by atoms with Crippen LogP contribution in [0.3, 0.4) is 0 Å². The maximum Gasteiger partial charge on any atom is 0.326 e. The van der Waals surface area contributed by atoms with E-state index in [2.05, 4.69) is 4.99 Å². The van der Waals surface area contributed by atoms with Crippen molar-refractivity contribution in [1.82, 2.24) is 8.87 Å². The Bertz CT molecular complexity index is 1410. The van der Waals surface area contributed by atoms with E-state index in [1.54, 1.807) is 6.92 Å². The zero-order chi connectivity index (χ0) is 24.5. The van der Waals surface area contributed by atoms with Crippen molar-refractivity contribution in [2.45, 2.75) is 37.2 Å². The number of ether oxygens (including phenoxy) is 1. The second-order valence-corrected chi connectivity index (χ2v) is 10.5. The molecule has 1 saturated heterocycles. The van der Waals surface area contributed by atoms with Crippen LogP contribution in [-0.4, -0.2) is 48.4 Å². The molecule has 12 heteroatoms. The molecule has 1 aliphatic rings. The number of sulfonamides is 1. The van der Waals surface area contributed by atoms with Gasteiger partial charge < -0.3 is 9.30 Å². The minimum absolute atomic E-state index is 0.117. The quantitative estimate of drug-likeness (QED) is 0.476. The topological polar surface area (TPSA) is 98.0 Å². The van der Waals surface area contributed by atoms with Crippen molar-refractivity contribution in [3.05, 3.63) is 58.9 Å². The Morgan fingerprint density at radius 2 is 1.85 bits per heavy atom. The predicted octanol–water partition coefficient (Wildman–Crippen LogP) is 2.82. The molecule has 2 aromatic carbocycles. The summed E-state index contributed by atoms with van der Waals surface area (Å²) >= 11 is 1.01. The Morgan fingerprint density at radius 3 is 2.56 bits per heavy atom. The summed E-state index contributed by atoms with van der Waals surface area (Å²) in [5, 5.41) is 0. The van der Waals surface area contributed by atoms with Crippen molar-refractivity contribution >= 4 is 43.5 Å². The number of rotatable bonds is 6. The molecule has 180 valence electrons. The van der Waals surface area contributed by atoms with E-state index in [1.165, 1.54) is 22.8 Å². The number of fused-ring (bicyclic) bond motifs is 1. The van der Waals surface area contributed by atoms with E-state index in [0.717, 1.165) is 39.9 Å². The number of nitrogens with zero attached hydrogens (tertiary/aromatic N) is 3. The molecule has 0 spiro atoms. The average molecular weight is 510 g/mol. The van der Waals surface area contributed by atoms with E-state index >= 15 is 0 Å². The second kappa shape index (κ2) is 9.72. The normalized spacial score (nSPS) is 17.4. The molecule has 0 saturated carbocycles. The van der Waals surface area contributed by atoms with Crippen LogP contribution in [0.5, 0.6) is 0 Å². The molecule has 34 heavy (non-hydrogen) atoms. The van der Waals surface area contributed by atoms with Gasteiger partial charge in [0.1, 0.15) is 24.2 Å². The van der Waals surface area contributed by atoms with Crippen molar-refractivity contribution < 1.29 is 31.5 Å². The molecule has 8 nitrogen and oxygen atoms in total. The van der Waals surface area contributed by atoms with Gasteiger partial charge in [-0.2, -0.15) is 9.30 Å². The molecule has 0 radical (unpaired) electrons. The van der Waals surface area contributed by atoms with E-state index in [9.17, 15) is 26.8 Å². The first-order chi connectivity index (χ1) is 16.2. The standard InChI is InChI=1S/C22H21F2N3O5S2/c1-2-32-20(28)13-26-17-10-7-15(24)12-19(17)33-22(26)25-21(29)18-4-3-11-27(18)34(30,31)16-8-5-14(23)6-9-16/h5-10,12,18H,2-4,11,13H2,1H3. The number of thiazole rings is 1. The molecule has 0 N–H and O–H groups in total. The Balaban J connectivity index is 1.72. The van der Waals surface area contributed by atoms with Crippen molar-refractivity contribution in [2.75, 3.05) is 13.2 Å². The number of esters is 1. The third-order valence-corrected chi connectivity index (χ3v) is 8.32. The Hall–Kier alpha value is -2.96. The number of carbonyl (C=O) groups is 2. The van der Waals surface area contributed by atoms with Crippen LogP contribution in [0.1, 0.15) is 19.8 Å². The SMILES string of the molecule is CCOC(=O)Cn1c(=NC(=O)C2CCCN2S(=O)(=O)c2ccc(F)cc2)sc2cc(F)ccc21. The highest BCUT2D eigenvalue weighted by Crippen LogP contribution is 2.27. The minimum atomic E-state index is -4.05. The van der Waals surface area contributed by atoms with Gasteiger partial charge in [0.05, 0.1) is 21.7 Å². The monoisotopic (exact) mass is 509 g/mol. The van der Waals surface area contributed by atoms with Crippen molar-refractivity contribution in [2.24, 2.45) is 4.99 Å². The van der Waals surface area contributed by atoms with Crippen molar-refractivity contribution in [3.8, 4) is 0 Å². The predicted molar refractivity (Wildman–Crippen MR) is 120 cm³/mol. The van der Waals surface area contributed by atoms with Gasteiger partial charge in [0, 0.05) is 6.54 Å². The molecule has 2 heterocycles. The zero-order valence-electron chi connectivity index (χ0n) is 18.1. The van der Waals surface area contributed by atoms with Crippen LogP contribution in [0.15, 0.2) is 52.4 Å². The molecule has 0 bridgehead atoms. The molecule has 4 rings (SSSR count). The summed E-state index contributed by atoms with van der Waals surface area (Å²) in [6, 6.07) is 7.31. The summed E-state index contributed by atoms with van der Waals surface area (Å²) in [6.45, 7) is 1.70. The molecule has 1 amide bonds. The molecule has 1 fully saturated rings. The second-order valence-electron chi connectivity index (χ2n) is 7.57. The summed E-state index contributed by atoms with van der Waals surface area (Å²) < 4.78 is 61.1. The highest BCUT2D eigenvalue weighted by Gasteiger charge is 2.39. The van der Waals surface area contributed by atoms with Crippen molar-refractivity contribution in [1.29, 1.82) is 0 Å². The summed E-state index contributed by atoms with van der Waals surface area (Å²) in [5.41, 5.74) is 0.494. The molecule has 3 aromatic rings. The fourth-order valence-electron chi connectivity index (χ4n) is 3.81. The lowest BCUT2D eigenvalue weighted by Crippen LogP contribution is -2.40. The lowest BCUT2D eigenvalue weighted by molar-refractivity contribution is -0.143. The number of hydrogen-bond acceptors (Lipinski definition) is 6. The van der Waals surface area contributed by atoms with E-state index < -0.39 is 39.6 Å². The van der Waals surface area contributed by atoms with Crippen LogP contribution in [-0.2, 0) is 30.9 Å². The van der Waals surface area contributed by atoms with Gasteiger partial charge in [0.15, 0.2) is 4.80 Å². The van der Waals surface area contributed by atoms with Gasteiger partial charge in [0.25, 0.3) is 5.91 Å². The van der Waals surface area contributed by atoms with Gasteiger partial charge in [-0.15, -0.1) is 0 Å². The number of halogens is 2. The third-order valence-electron chi connectivity index (χ3n) is 5.35. The fraction of sp³-hybridized carbons (Fsp3) is 0.318. The molecule has 1 aliphatic heterocycles. The van der Waals surface area contributed by atoms with E-state index in [0.29, 0.717) is 16.6 Å². The fourth-order valence-corrected chi connectivity index (χ4v) is 6.52. The van der Waals surface area contributed by atoms with E-state index in [-0.39, 0.29) is 35.8 Å². The molecule has 1 unspecified atom stereocenters. The van der Waals surface area contributed by atoms with Gasteiger partial charge in [-0.3, -0.25) is 9.59 Å². The molecular formula is C22H21F2N3O5S2. The number of carbonyl (C=O) groups excluding carboxylic acids is 2. The lowest BCUT2D eigenvalue weighted by atomic mass is 10.2. The third kappa shape index (κ3) is 4.79. The van der Waals surface area contributed by atoms with Crippen LogP contribution < -0.4 is 4.80 Å². The van der Waals surface area contributed by atoms with Crippen LogP contribution in [0.2, 0.25) is 0 Å². The first kappa shape index (κ1) is 24.2. The summed E-state index contributed by atoms with van der Waals surface area (Å²) in [4.78, 5) is 29.4. The molecular weight excluding hydrogens is 488 g/mol. The maximum absolute atomic E-state index is 13.7.